The first-order valence-electron chi connectivity index (χ1n) is 12.8. The minimum atomic E-state index is -4.05. The summed E-state index contributed by atoms with van der Waals surface area (Å²) in [7, 11) is -2.50. The van der Waals surface area contributed by atoms with Gasteiger partial charge in [-0.3, -0.25) is 14.2 Å². The maximum absolute atomic E-state index is 14.1. The Bertz CT molecular complexity index is 1630. The summed E-state index contributed by atoms with van der Waals surface area (Å²) in [6.45, 7) is 2.77. The van der Waals surface area contributed by atoms with E-state index in [-0.39, 0.29) is 11.4 Å². The van der Waals surface area contributed by atoms with E-state index < -0.39 is 21.4 Å². The van der Waals surface area contributed by atoms with Crippen molar-refractivity contribution in [3.8, 4) is 5.88 Å². The zero-order chi connectivity index (χ0) is 27.9. The molecule has 8 nitrogen and oxygen atoms in total. The number of aromatic nitrogens is 2. The van der Waals surface area contributed by atoms with Crippen LogP contribution in [-0.2, 0) is 15.6 Å². The number of ether oxygens (including phenoxy) is 1. The first-order valence-corrected chi connectivity index (χ1v) is 14.6. The third-order valence-electron chi connectivity index (χ3n) is 7.70. The molecule has 6 rings (SSSR count). The normalized spacial score (nSPS) is 19.5. The number of sulfonamides is 1. The topological polar surface area (TPSA) is 78.9 Å². The summed E-state index contributed by atoms with van der Waals surface area (Å²) in [5, 5.41) is 0.488. The zero-order valence-corrected chi connectivity index (χ0v) is 23.3. The van der Waals surface area contributed by atoms with Crippen LogP contribution in [0.5, 0.6) is 5.88 Å². The number of anilines is 2. The summed E-state index contributed by atoms with van der Waals surface area (Å²) in [6.07, 6.45) is 5.20. The Morgan fingerprint density at radius 1 is 0.925 bits per heavy atom. The molecule has 1 unspecified atom stereocenters. The SMILES string of the molecule is COc1ncccc1C1(N2CCN(c3ccncc3)CC2)CN(S(=O)(=O)c2ccc(F)cc2)c2ccc(Cl)cc21. The number of methoxy groups -OCH3 is 1. The van der Waals surface area contributed by atoms with Crippen LogP contribution in [0, 0.1) is 5.82 Å². The lowest BCUT2D eigenvalue weighted by atomic mass is 9.82. The molecule has 4 aromatic rings. The highest BCUT2D eigenvalue weighted by atomic mass is 35.5. The van der Waals surface area contributed by atoms with Crippen LogP contribution in [0.2, 0.25) is 5.02 Å². The van der Waals surface area contributed by atoms with Crippen LogP contribution < -0.4 is 13.9 Å². The Morgan fingerprint density at radius 3 is 2.35 bits per heavy atom. The predicted octanol–water partition coefficient (Wildman–Crippen LogP) is 4.55. The van der Waals surface area contributed by atoms with Gasteiger partial charge in [0, 0.05) is 66.6 Å². The average Bonchev–Trinajstić information content (AvgIpc) is 3.34. The van der Waals surface area contributed by atoms with E-state index in [2.05, 4.69) is 19.8 Å². The second kappa shape index (κ2) is 10.3. The Morgan fingerprint density at radius 2 is 1.65 bits per heavy atom. The fourth-order valence-corrected chi connectivity index (χ4v) is 7.51. The molecule has 2 aromatic heterocycles. The van der Waals surface area contributed by atoms with Crippen LogP contribution in [0.15, 0.2) is 90.2 Å². The van der Waals surface area contributed by atoms with Gasteiger partial charge in [-0.05, 0) is 66.7 Å². The molecule has 11 heteroatoms. The number of piperazine rings is 1. The lowest BCUT2D eigenvalue weighted by Gasteiger charge is -2.47. The van der Waals surface area contributed by atoms with Crippen LogP contribution in [0.1, 0.15) is 11.1 Å². The smallest absolute Gasteiger partial charge is 0.264 e. The lowest BCUT2D eigenvalue weighted by molar-refractivity contribution is 0.124. The number of halogens is 2. The maximum Gasteiger partial charge on any atom is 0.264 e. The van der Waals surface area contributed by atoms with Gasteiger partial charge in [0.1, 0.15) is 5.82 Å². The molecule has 4 heterocycles. The van der Waals surface area contributed by atoms with Gasteiger partial charge in [-0.2, -0.15) is 0 Å². The van der Waals surface area contributed by atoms with E-state index in [9.17, 15) is 12.8 Å². The van der Waals surface area contributed by atoms with Gasteiger partial charge in [0.2, 0.25) is 5.88 Å². The number of pyridine rings is 2. The number of rotatable bonds is 6. The molecule has 1 fully saturated rings. The summed E-state index contributed by atoms with van der Waals surface area (Å²) in [4.78, 5) is 13.2. The zero-order valence-electron chi connectivity index (χ0n) is 21.7. The molecule has 0 saturated carbocycles. The number of nitrogens with zero attached hydrogens (tertiary/aromatic N) is 5. The molecule has 0 bridgehead atoms. The number of benzene rings is 2. The molecule has 1 saturated heterocycles. The van der Waals surface area contributed by atoms with Crippen LogP contribution in [0.4, 0.5) is 15.8 Å². The fourth-order valence-electron chi connectivity index (χ4n) is 5.82. The summed E-state index contributed by atoms with van der Waals surface area (Å²) in [6, 6.07) is 17.9. The second-order valence-corrected chi connectivity index (χ2v) is 12.0. The third-order valence-corrected chi connectivity index (χ3v) is 9.71. The minimum Gasteiger partial charge on any atom is -0.481 e. The van der Waals surface area contributed by atoms with Gasteiger partial charge >= 0.3 is 0 Å². The van der Waals surface area contributed by atoms with Crippen molar-refractivity contribution in [2.45, 2.75) is 10.4 Å². The average molecular weight is 580 g/mol. The van der Waals surface area contributed by atoms with E-state index in [1.54, 1.807) is 37.8 Å². The van der Waals surface area contributed by atoms with Gasteiger partial charge in [-0.15, -0.1) is 0 Å². The van der Waals surface area contributed by atoms with Crippen LogP contribution >= 0.6 is 11.6 Å². The molecule has 0 aliphatic carbocycles. The van der Waals surface area contributed by atoms with Crippen LogP contribution in [0.25, 0.3) is 0 Å². The number of hydrogen-bond acceptors (Lipinski definition) is 7. The Kier molecular flexibility index (Phi) is 6.85. The Hall–Kier alpha value is -3.73. The molecule has 0 amide bonds. The van der Waals surface area contributed by atoms with Crippen molar-refractivity contribution in [2.24, 2.45) is 0 Å². The maximum atomic E-state index is 14.1. The van der Waals surface area contributed by atoms with Crippen LogP contribution in [0.3, 0.4) is 0 Å². The molecule has 0 spiro atoms. The molecular weight excluding hydrogens is 553 g/mol. The highest BCUT2D eigenvalue weighted by molar-refractivity contribution is 7.92. The van der Waals surface area contributed by atoms with E-state index in [0.29, 0.717) is 29.7 Å². The van der Waals surface area contributed by atoms with E-state index in [1.807, 2.05) is 30.3 Å². The quantitative estimate of drug-likeness (QED) is 0.331. The van der Waals surface area contributed by atoms with Crippen molar-refractivity contribution in [3.05, 3.63) is 107 Å². The summed E-state index contributed by atoms with van der Waals surface area (Å²) in [5.74, 6) is -0.0971. The molecule has 206 valence electrons. The molecule has 2 aliphatic rings. The second-order valence-electron chi connectivity index (χ2n) is 9.73. The van der Waals surface area contributed by atoms with Crippen molar-refractivity contribution in [2.75, 3.05) is 49.0 Å². The van der Waals surface area contributed by atoms with E-state index in [4.69, 9.17) is 16.3 Å². The Labute approximate surface area is 237 Å². The largest absolute Gasteiger partial charge is 0.481 e. The number of hydrogen-bond donors (Lipinski definition) is 0. The lowest BCUT2D eigenvalue weighted by Crippen LogP contribution is -2.58. The highest BCUT2D eigenvalue weighted by Crippen LogP contribution is 2.52. The Balaban J connectivity index is 1.50. The first-order chi connectivity index (χ1) is 19.3. The van der Waals surface area contributed by atoms with E-state index >= 15 is 0 Å². The van der Waals surface area contributed by atoms with Crippen LogP contribution in [-0.4, -0.2) is 63.1 Å². The molecule has 40 heavy (non-hydrogen) atoms. The van der Waals surface area contributed by atoms with Gasteiger partial charge < -0.3 is 9.64 Å². The summed E-state index contributed by atoms with van der Waals surface area (Å²) in [5.41, 5.74) is 2.14. The molecule has 2 aromatic carbocycles. The monoisotopic (exact) mass is 579 g/mol. The summed E-state index contributed by atoms with van der Waals surface area (Å²) >= 11 is 6.56. The van der Waals surface area contributed by atoms with Gasteiger partial charge in [0.05, 0.1) is 29.8 Å². The van der Waals surface area contributed by atoms with Crippen molar-refractivity contribution in [1.29, 1.82) is 0 Å². The first kappa shape index (κ1) is 26.5. The highest BCUT2D eigenvalue weighted by Gasteiger charge is 2.53. The standard InChI is InChI=1S/C29H27ClFN5O3S/c1-39-28-25(3-2-12-33-28)29(35-17-15-34(16-18-35)23-10-13-32-14-11-23)20-36(27-9-4-21(30)19-26(27)29)40(37,38)24-7-5-22(31)6-8-24/h2-14,19H,15-18,20H2,1H3. The predicted molar refractivity (Wildman–Crippen MR) is 152 cm³/mol. The molecular formula is C29H27ClFN5O3S. The van der Waals surface area contributed by atoms with Gasteiger partial charge in [0.15, 0.2) is 0 Å². The van der Waals surface area contributed by atoms with Crippen molar-refractivity contribution in [1.82, 2.24) is 14.9 Å². The third kappa shape index (κ3) is 4.36. The van der Waals surface area contributed by atoms with Gasteiger partial charge in [0.25, 0.3) is 10.0 Å². The van der Waals surface area contributed by atoms with Gasteiger partial charge in [-0.1, -0.05) is 11.6 Å². The van der Waals surface area contributed by atoms with E-state index in [0.717, 1.165) is 42.0 Å². The van der Waals surface area contributed by atoms with Crippen molar-refractivity contribution >= 4 is 33.0 Å². The molecule has 0 N–H and O–H groups in total. The van der Waals surface area contributed by atoms with Gasteiger partial charge in [-0.25, -0.2) is 17.8 Å². The van der Waals surface area contributed by atoms with Crippen molar-refractivity contribution < 1.29 is 17.5 Å². The fraction of sp³-hybridized carbons (Fsp3) is 0.241. The number of fused-ring (bicyclic) bond motifs is 1. The summed E-state index contributed by atoms with van der Waals surface area (Å²) < 4.78 is 49.0. The molecule has 2 aliphatic heterocycles. The van der Waals surface area contributed by atoms with E-state index in [1.165, 1.54) is 16.4 Å². The minimum absolute atomic E-state index is 0.00579. The molecule has 1 atom stereocenters. The molecule has 0 radical (unpaired) electrons. The van der Waals surface area contributed by atoms with Crippen molar-refractivity contribution in [3.63, 3.8) is 0 Å².